The van der Waals surface area contributed by atoms with Crippen molar-refractivity contribution >= 4 is 5.91 Å². The highest BCUT2D eigenvalue weighted by atomic mass is 16.1. The summed E-state index contributed by atoms with van der Waals surface area (Å²) >= 11 is 0. The molecule has 15 heavy (non-hydrogen) atoms. The molecule has 1 heterocycles. The van der Waals surface area contributed by atoms with Gasteiger partial charge in [-0.3, -0.25) is 4.79 Å². The molecule has 0 aromatic carbocycles. The standard InChI is InChI=1S/C11H23N3O/c1-2-6-13-10(11(12)15)5-9-14-7-3-4-8-14/h10,13H,2-9H2,1H3,(H2,12,15). The zero-order chi connectivity index (χ0) is 11.1. The summed E-state index contributed by atoms with van der Waals surface area (Å²) in [6.45, 7) is 6.31. The molecule has 0 aromatic rings. The predicted molar refractivity (Wildman–Crippen MR) is 61.6 cm³/mol. The normalized spacial score (nSPS) is 19.3. The predicted octanol–water partition coefficient (Wildman–Crippen LogP) is 0.326. The number of nitrogens with zero attached hydrogens (tertiary/aromatic N) is 1. The molecule has 1 fully saturated rings. The van der Waals surface area contributed by atoms with E-state index >= 15 is 0 Å². The van der Waals surface area contributed by atoms with Crippen molar-refractivity contribution < 1.29 is 4.79 Å². The minimum atomic E-state index is -0.220. The summed E-state index contributed by atoms with van der Waals surface area (Å²) in [6.07, 6.45) is 4.47. The molecule has 0 spiro atoms. The highest BCUT2D eigenvalue weighted by Gasteiger charge is 2.17. The average Bonchev–Trinajstić information content (AvgIpc) is 2.70. The monoisotopic (exact) mass is 213 g/mol. The van der Waals surface area contributed by atoms with Crippen molar-refractivity contribution in [2.45, 2.75) is 38.6 Å². The molecule has 0 bridgehead atoms. The Morgan fingerprint density at radius 1 is 1.47 bits per heavy atom. The first-order valence-electron chi connectivity index (χ1n) is 5.99. The Morgan fingerprint density at radius 3 is 2.67 bits per heavy atom. The lowest BCUT2D eigenvalue weighted by Crippen LogP contribution is -2.43. The zero-order valence-electron chi connectivity index (χ0n) is 9.67. The lowest BCUT2D eigenvalue weighted by molar-refractivity contribution is -0.120. The fraction of sp³-hybridized carbons (Fsp3) is 0.909. The number of hydrogen-bond acceptors (Lipinski definition) is 3. The number of likely N-dealkylation sites (tertiary alicyclic amines) is 1. The van der Waals surface area contributed by atoms with E-state index in [0.29, 0.717) is 0 Å². The van der Waals surface area contributed by atoms with E-state index in [-0.39, 0.29) is 11.9 Å². The third-order valence-electron chi connectivity index (χ3n) is 2.92. The van der Waals surface area contributed by atoms with Crippen molar-refractivity contribution in [2.24, 2.45) is 5.73 Å². The van der Waals surface area contributed by atoms with E-state index in [1.165, 1.54) is 25.9 Å². The number of hydrogen-bond donors (Lipinski definition) is 2. The van der Waals surface area contributed by atoms with Gasteiger partial charge in [-0.1, -0.05) is 6.92 Å². The Hall–Kier alpha value is -0.610. The first-order valence-corrected chi connectivity index (χ1v) is 5.99. The maximum Gasteiger partial charge on any atom is 0.234 e. The van der Waals surface area contributed by atoms with Crippen LogP contribution in [-0.2, 0) is 4.79 Å². The van der Waals surface area contributed by atoms with Crippen LogP contribution in [0, 0.1) is 0 Å². The number of carbonyl (C=O) groups excluding carboxylic acids is 1. The second-order valence-corrected chi connectivity index (χ2v) is 4.25. The number of rotatable bonds is 7. The molecule has 4 heteroatoms. The highest BCUT2D eigenvalue weighted by molar-refractivity contribution is 5.79. The number of amides is 1. The van der Waals surface area contributed by atoms with Crippen LogP contribution in [0.25, 0.3) is 0 Å². The first-order chi connectivity index (χ1) is 7.24. The molecule has 0 aliphatic carbocycles. The van der Waals surface area contributed by atoms with E-state index in [4.69, 9.17) is 5.73 Å². The molecule has 3 N–H and O–H groups in total. The highest BCUT2D eigenvalue weighted by Crippen LogP contribution is 2.08. The number of primary amides is 1. The average molecular weight is 213 g/mol. The molecule has 1 unspecified atom stereocenters. The van der Waals surface area contributed by atoms with Gasteiger partial charge in [0.15, 0.2) is 0 Å². The number of nitrogens with two attached hydrogens (primary N) is 1. The van der Waals surface area contributed by atoms with Gasteiger partial charge in [0, 0.05) is 6.54 Å². The van der Waals surface area contributed by atoms with Crippen molar-refractivity contribution in [3.05, 3.63) is 0 Å². The fourth-order valence-corrected chi connectivity index (χ4v) is 1.98. The van der Waals surface area contributed by atoms with Crippen LogP contribution in [0.3, 0.4) is 0 Å². The van der Waals surface area contributed by atoms with Gasteiger partial charge in [0.05, 0.1) is 6.04 Å². The van der Waals surface area contributed by atoms with Crippen LogP contribution in [0.5, 0.6) is 0 Å². The molecule has 0 saturated carbocycles. The molecule has 1 rings (SSSR count). The van der Waals surface area contributed by atoms with E-state index in [1.807, 2.05) is 0 Å². The molecule has 1 saturated heterocycles. The first kappa shape index (κ1) is 12.5. The van der Waals surface area contributed by atoms with Crippen molar-refractivity contribution in [2.75, 3.05) is 26.2 Å². The molecule has 4 nitrogen and oxygen atoms in total. The van der Waals surface area contributed by atoms with Crippen molar-refractivity contribution in [1.82, 2.24) is 10.2 Å². The van der Waals surface area contributed by atoms with Gasteiger partial charge in [-0.25, -0.2) is 0 Å². The number of nitrogens with one attached hydrogen (secondary N) is 1. The van der Waals surface area contributed by atoms with Gasteiger partial charge in [0.2, 0.25) is 5.91 Å². The maximum absolute atomic E-state index is 11.2. The zero-order valence-corrected chi connectivity index (χ0v) is 9.67. The summed E-state index contributed by atoms with van der Waals surface area (Å²) in [5.41, 5.74) is 5.34. The number of carbonyl (C=O) groups is 1. The van der Waals surface area contributed by atoms with E-state index < -0.39 is 0 Å². The van der Waals surface area contributed by atoms with Gasteiger partial charge in [-0.05, 0) is 45.3 Å². The molecule has 1 amide bonds. The summed E-state index contributed by atoms with van der Waals surface area (Å²) in [5.74, 6) is -0.220. The molecule has 88 valence electrons. The van der Waals surface area contributed by atoms with Gasteiger partial charge in [-0.2, -0.15) is 0 Å². The second kappa shape index (κ2) is 6.80. The second-order valence-electron chi connectivity index (χ2n) is 4.25. The molecule has 1 atom stereocenters. The van der Waals surface area contributed by atoms with Crippen LogP contribution in [0.4, 0.5) is 0 Å². The van der Waals surface area contributed by atoms with Gasteiger partial charge >= 0.3 is 0 Å². The molecule has 0 aromatic heterocycles. The van der Waals surface area contributed by atoms with Crippen LogP contribution in [0.1, 0.15) is 32.6 Å². The minimum absolute atomic E-state index is 0.148. The Labute approximate surface area is 92.2 Å². The fourth-order valence-electron chi connectivity index (χ4n) is 1.98. The van der Waals surface area contributed by atoms with Gasteiger partial charge in [0.25, 0.3) is 0 Å². The molecular formula is C11H23N3O. The van der Waals surface area contributed by atoms with Crippen LogP contribution in [0.15, 0.2) is 0 Å². The SMILES string of the molecule is CCCNC(CCN1CCCC1)C(N)=O. The van der Waals surface area contributed by atoms with Crippen LogP contribution >= 0.6 is 0 Å². The maximum atomic E-state index is 11.2. The summed E-state index contributed by atoms with van der Waals surface area (Å²) in [6, 6.07) is -0.148. The molecule has 1 aliphatic heterocycles. The van der Waals surface area contributed by atoms with Gasteiger partial charge in [0.1, 0.15) is 0 Å². The summed E-state index contributed by atoms with van der Waals surface area (Å²) < 4.78 is 0. The van der Waals surface area contributed by atoms with Crippen molar-refractivity contribution in [3.8, 4) is 0 Å². The lowest BCUT2D eigenvalue weighted by atomic mass is 10.2. The topological polar surface area (TPSA) is 58.4 Å². The van der Waals surface area contributed by atoms with Crippen molar-refractivity contribution in [3.63, 3.8) is 0 Å². The largest absolute Gasteiger partial charge is 0.368 e. The van der Waals surface area contributed by atoms with Crippen LogP contribution < -0.4 is 11.1 Å². The van der Waals surface area contributed by atoms with E-state index in [9.17, 15) is 4.79 Å². The summed E-state index contributed by atoms with van der Waals surface area (Å²) in [4.78, 5) is 13.6. The van der Waals surface area contributed by atoms with E-state index in [1.54, 1.807) is 0 Å². The Bertz CT molecular complexity index is 190. The molecule has 1 aliphatic rings. The molecular weight excluding hydrogens is 190 g/mol. The summed E-state index contributed by atoms with van der Waals surface area (Å²) in [5, 5.41) is 3.19. The lowest BCUT2D eigenvalue weighted by Gasteiger charge is -2.19. The van der Waals surface area contributed by atoms with Gasteiger partial charge < -0.3 is 16.0 Å². The third kappa shape index (κ3) is 4.62. The minimum Gasteiger partial charge on any atom is -0.368 e. The van der Waals surface area contributed by atoms with Gasteiger partial charge in [-0.15, -0.1) is 0 Å². The third-order valence-corrected chi connectivity index (χ3v) is 2.92. The summed E-state index contributed by atoms with van der Waals surface area (Å²) in [7, 11) is 0. The Kier molecular flexibility index (Phi) is 5.65. The van der Waals surface area contributed by atoms with Crippen molar-refractivity contribution in [1.29, 1.82) is 0 Å². The van der Waals surface area contributed by atoms with Crippen LogP contribution in [0.2, 0.25) is 0 Å². The quantitative estimate of drug-likeness (QED) is 0.640. The van der Waals surface area contributed by atoms with E-state index in [2.05, 4.69) is 17.1 Å². The Morgan fingerprint density at radius 2 is 2.13 bits per heavy atom. The molecule has 0 radical (unpaired) electrons. The smallest absolute Gasteiger partial charge is 0.234 e. The van der Waals surface area contributed by atoms with E-state index in [0.717, 1.165) is 25.9 Å². The Balaban J connectivity index is 2.20. The van der Waals surface area contributed by atoms with Crippen LogP contribution in [-0.4, -0.2) is 43.0 Å².